The first-order valence-electron chi connectivity index (χ1n) is 8.93. The van der Waals surface area contributed by atoms with Crippen molar-refractivity contribution in [2.45, 2.75) is 12.1 Å². The topological polar surface area (TPSA) is 52.0 Å². The number of para-hydroxylation sites is 1. The van der Waals surface area contributed by atoms with E-state index in [1.165, 1.54) is 11.8 Å². The van der Waals surface area contributed by atoms with E-state index in [4.69, 9.17) is 0 Å². The van der Waals surface area contributed by atoms with Gasteiger partial charge in [-0.25, -0.2) is 4.98 Å². The van der Waals surface area contributed by atoms with Crippen molar-refractivity contribution >= 4 is 28.4 Å². The third kappa shape index (κ3) is 3.62. The summed E-state index contributed by atoms with van der Waals surface area (Å²) in [6.45, 7) is 1.98. The third-order valence-electron chi connectivity index (χ3n) is 4.43. The molecule has 0 bridgehead atoms. The van der Waals surface area contributed by atoms with Gasteiger partial charge in [-0.3, -0.25) is 14.2 Å². The van der Waals surface area contributed by atoms with Crippen molar-refractivity contribution in [3.8, 4) is 5.69 Å². The van der Waals surface area contributed by atoms with E-state index in [0.717, 1.165) is 11.3 Å². The van der Waals surface area contributed by atoms with Gasteiger partial charge in [0, 0.05) is 5.56 Å². The molecule has 0 atom stereocenters. The van der Waals surface area contributed by atoms with Crippen LogP contribution in [-0.4, -0.2) is 21.1 Å². The first-order valence-corrected chi connectivity index (χ1v) is 9.92. The van der Waals surface area contributed by atoms with E-state index in [1.807, 2.05) is 67.6 Å². The van der Waals surface area contributed by atoms with Crippen LogP contribution in [0.4, 0.5) is 0 Å². The lowest BCUT2D eigenvalue weighted by molar-refractivity contribution is 0.102. The van der Waals surface area contributed by atoms with Crippen LogP contribution in [0, 0.1) is 6.92 Å². The van der Waals surface area contributed by atoms with Crippen LogP contribution in [0.5, 0.6) is 0 Å². The number of ketones is 1. The molecule has 0 aliphatic rings. The maximum atomic E-state index is 13.2. The second-order valence-corrected chi connectivity index (χ2v) is 7.41. The first kappa shape index (κ1) is 18.2. The predicted molar refractivity (Wildman–Crippen MR) is 114 cm³/mol. The normalized spacial score (nSPS) is 10.9. The van der Waals surface area contributed by atoms with Crippen LogP contribution < -0.4 is 5.56 Å². The van der Waals surface area contributed by atoms with Crippen molar-refractivity contribution in [1.82, 2.24) is 9.55 Å². The molecule has 0 spiro atoms. The molecule has 0 unspecified atom stereocenters. The maximum Gasteiger partial charge on any atom is 0.266 e. The van der Waals surface area contributed by atoms with Crippen molar-refractivity contribution in [3.63, 3.8) is 0 Å². The Bertz CT molecular complexity index is 1220. The van der Waals surface area contributed by atoms with Gasteiger partial charge in [0.15, 0.2) is 10.9 Å². The molecule has 28 heavy (non-hydrogen) atoms. The summed E-state index contributed by atoms with van der Waals surface area (Å²) in [7, 11) is 0. The van der Waals surface area contributed by atoms with Crippen molar-refractivity contribution in [2.24, 2.45) is 0 Å². The maximum absolute atomic E-state index is 13.2. The molecule has 0 radical (unpaired) electrons. The zero-order valence-electron chi connectivity index (χ0n) is 15.3. The smallest absolute Gasteiger partial charge is 0.266 e. The number of nitrogens with zero attached hydrogens (tertiary/aromatic N) is 2. The highest BCUT2D eigenvalue weighted by Gasteiger charge is 2.15. The number of Topliss-reactive ketones (excluding diaryl/α,β-unsaturated/α-hetero) is 1. The van der Waals surface area contributed by atoms with Crippen molar-refractivity contribution < 1.29 is 4.79 Å². The van der Waals surface area contributed by atoms with Gasteiger partial charge in [0.2, 0.25) is 0 Å². The number of aromatic nitrogens is 2. The van der Waals surface area contributed by atoms with Crippen LogP contribution in [0.2, 0.25) is 0 Å². The Morgan fingerprint density at radius 2 is 1.71 bits per heavy atom. The molecule has 4 rings (SSSR count). The standard InChI is InChI=1S/C23H18N2O2S/c1-16-8-7-11-18(14-16)25-22(27)19-12-5-6-13-20(19)24-23(25)28-15-21(26)17-9-3-2-4-10-17/h2-14H,15H2,1H3. The van der Waals surface area contributed by atoms with E-state index in [-0.39, 0.29) is 17.1 Å². The highest BCUT2D eigenvalue weighted by Crippen LogP contribution is 2.22. The van der Waals surface area contributed by atoms with Crippen molar-refractivity contribution in [2.75, 3.05) is 5.75 Å². The Morgan fingerprint density at radius 1 is 0.964 bits per heavy atom. The Balaban J connectivity index is 1.79. The van der Waals surface area contributed by atoms with Gasteiger partial charge in [0.25, 0.3) is 5.56 Å². The van der Waals surface area contributed by atoms with Gasteiger partial charge < -0.3 is 0 Å². The Kier molecular flexibility index (Phi) is 5.08. The summed E-state index contributed by atoms with van der Waals surface area (Å²) in [4.78, 5) is 30.4. The number of hydrogen-bond acceptors (Lipinski definition) is 4. The second-order valence-electron chi connectivity index (χ2n) is 6.47. The number of thioether (sulfide) groups is 1. The Morgan fingerprint density at radius 3 is 2.50 bits per heavy atom. The third-order valence-corrected chi connectivity index (χ3v) is 5.37. The molecular formula is C23H18N2O2S. The summed E-state index contributed by atoms with van der Waals surface area (Å²) in [5, 5.41) is 1.07. The van der Waals surface area contributed by atoms with Gasteiger partial charge in [0.05, 0.1) is 22.3 Å². The zero-order chi connectivity index (χ0) is 19.5. The van der Waals surface area contributed by atoms with E-state index in [1.54, 1.807) is 22.8 Å². The van der Waals surface area contributed by atoms with Crippen LogP contribution in [0.15, 0.2) is 88.8 Å². The molecule has 4 nitrogen and oxygen atoms in total. The summed E-state index contributed by atoms with van der Waals surface area (Å²) < 4.78 is 1.60. The lowest BCUT2D eigenvalue weighted by atomic mass is 10.2. The molecule has 0 aliphatic carbocycles. The van der Waals surface area contributed by atoms with Gasteiger partial charge in [-0.1, -0.05) is 66.4 Å². The monoisotopic (exact) mass is 386 g/mol. The summed E-state index contributed by atoms with van der Waals surface area (Å²) >= 11 is 1.28. The van der Waals surface area contributed by atoms with Crippen LogP contribution in [-0.2, 0) is 0 Å². The molecule has 4 aromatic rings. The molecule has 0 aliphatic heterocycles. The molecule has 0 N–H and O–H groups in total. The number of benzene rings is 3. The molecular weight excluding hydrogens is 368 g/mol. The molecule has 1 heterocycles. The minimum atomic E-state index is -0.133. The van der Waals surface area contributed by atoms with Crippen molar-refractivity contribution in [1.29, 1.82) is 0 Å². The van der Waals surface area contributed by atoms with E-state index < -0.39 is 0 Å². The fourth-order valence-electron chi connectivity index (χ4n) is 3.04. The van der Waals surface area contributed by atoms with Gasteiger partial charge in [0.1, 0.15) is 0 Å². The van der Waals surface area contributed by atoms with Crippen LogP contribution in [0.25, 0.3) is 16.6 Å². The predicted octanol–water partition coefficient (Wildman–Crippen LogP) is 4.67. The van der Waals surface area contributed by atoms with Crippen LogP contribution >= 0.6 is 11.8 Å². The number of hydrogen-bond donors (Lipinski definition) is 0. The van der Waals surface area contributed by atoms with E-state index in [2.05, 4.69) is 4.98 Å². The highest BCUT2D eigenvalue weighted by atomic mass is 32.2. The minimum Gasteiger partial charge on any atom is -0.293 e. The van der Waals surface area contributed by atoms with Gasteiger partial charge in [-0.2, -0.15) is 0 Å². The fourth-order valence-corrected chi connectivity index (χ4v) is 3.95. The summed E-state index contributed by atoms with van der Waals surface area (Å²) in [5.74, 6) is 0.212. The average molecular weight is 386 g/mol. The number of carbonyl (C=O) groups is 1. The number of aryl methyl sites for hydroxylation is 1. The molecule has 1 aromatic heterocycles. The minimum absolute atomic E-state index is 0.00352. The average Bonchev–Trinajstić information content (AvgIpc) is 2.73. The summed E-state index contributed by atoms with van der Waals surface area (Å²) in [5.41, 5.74) is 2.95. The van der Waals surface area contributed by atoms with Crippen molar-refractivity contribution in [3.05, 3.63) is 100 Å². The second kappa shape index (κ2) is 7.82. The molecule has 138 valence electrons. The molecule has 0 fully saturated rings. The van der Waals surface area contributed by atoms with E-state index in [9.17, 15) is 9.59 Å². The lowest BCUT2D eigenvalue weighted by Crippen LogP contribution is -2.22. The number of rotatable bonds is 5. The molecule has 0 saturated heterocycles. The van der Waals surface area contributed by atoms with Gasteiger partial charge in [-0.05, 0) is 36.8 Å². The fraction of sp³-hybridized carbons (Fsp3) is 0.0870. The number of fused-ring (bicyclic) bond motifs is 1. The quantitative estimate of drug-likeness (QED) is 0.284. The van der Waals surface area contributed by atoms with Gasteiger partial charge >= 0.3 is 0 Å². The van der Waals surface area contributed by atoms with E-state index >= 15 is 0 Å². The Labute approximate surface area is 166 Å². The SMILES string of the molecule is Cc1cccc(-n2c(SCC(=O)c3ccccc3)nc3ccccc3c2=O)c1. The van der Waals surface area contributed by atoms with Crippen LogP contribution in [0.3, 0.4) is 0 Å². The Hall–Kier alpha value is -3.18. The van der Waals surface area contributed by atoms with Crippen LogP contribution in [0.1, 0.15) is 15.9 Å². The largest absolute Gasteiger partial charge is 0.293 e. The highest BCUT2D eigenvalue weighted by molar-refractivity contribution is 7.99. The molecule has 3 aromatic carbocycles. The molecule has 0 amide bonds. The summed E-state index contributed by atoms with van der Waals surface area (Å²) in [6, 6.07) is 24.2. The van der Waals surface area contributed by atoms with E-state index in [0.29, 0.717) is 21.6 Å². The van der Waals surface area contributed by atoms with Gasteiger partial charge in [-0.15, -0.1) is 0 Å². The molecule has 5 heteroatoms. The molecule has 0 saturated carbocycles. The zero-order valence-corrected chi connectivity index (χ0v) is 16.1. The summed E-state index contributed by atoms with van der Waals surface area (Å²) in [6.07, 6.45) is 0. The number of carbonyl (C=O) groups excluding carboxylic acids is 1. The first-order chi connectivity index (χ1) is 13.6. The lowest BCUT2D eigenvalue weighted by Gasteiger charge is -2.13.